The lowest BCUT2D eigenvalue weighted by molar-refractivity contribution is -0.116. The Balaban J connectivity index is 2.06. The molecule has 0 saturated carbocycles. The van der Waals surface area contributed by atoms with Crippen LogP contribution < -0.4 is 10.6 Å². The highest BCUT2D eigenvalue weighted by Crippen LogP contribution is 2.15. The van der Waals surface area contributed by atoms with Crippen LogP contribution in [0.3, 0.4) is 0 Å². The van der Waals surface area contributed by atoms with Crippen LogP contribution in [0, 0.1) is 0 Å². The third-order valence-electron chi connectivity index (χ3n) is 2.31. The first-order chi connectivity index (χ1) is 7.79. The monoisotopic (exact) mass is 218 g/mol. The number of amides is 1. The number of hydrogen-bond acceptors (Lipinski definition) is 3. The van der Waals surface area contributed by atoms with Crippen molar-refractivity contribution in [3.8, 4) is 0 Å². The molecule has 0 saturated heterocycles. The van der Waals surface area contributed by atoms with E-state index >= 15 is 0 Å². The van der Waals surface area contributed by atoms with Crippen molar-refractivity contribution in [3.05, 3.63) is 24.5 Å². The smallest absolute Gasteiger partial charge is 0.225 e. The molecular formula is C11H14N4O. The lowest BCUT2D eigenvalue weighted by Gasteiger charge is -2.04. The number of aromatic amines is 1. The summed E-state index contributed by atoms with van der Waals surface area (Å²) in [7, 11) is 1.82. The van der Waals surface area contributed by atoms with Gasteiger partial charge in [-0.05, 0) is 25.2 Å². The Kier molecular flexibility index (Phi) is 3.16. The summed E-state index contributed by atoms with van der Waals surface area (Å²) in [6.07, 6.45) is 2.11. The first kappa shape index (κ1) is 10.6. The first-order valence-corrected chi connectivity index (χ1v) is 5.17. The molecule has 84 valence electrons. The van der Waals surface area contributed by atoms with Crippen LogP contribution in [0.15, 0.2) is 24.5 Å². The molecule has 0 radical (unpaired) electrons. The van der Waals surface area contributed by atoms with Crippen molar-refractivity contribution in [1.82, 2.24) is 15.3 Å². The predicted octanol–water partition coefficient (Wildman–Crippen LogP) is 1.11. The minimum atomic E-state index is 0.00761. The van der Waals surface area contributed by atoms with E-state index in [2.05, 4.69) is 20.6 Å². The molecule has 0 unspecified atom stereocenters. The number of rotatable bonds is 4. The highest BCUT2D eigenvalue weighted by Gasteiger charge is 2.02. The fraction of sp³-hybridized carbons (Fsp3) is 0.273. The molecule has 0 spiro atoms. The molecule has 5 heteroatoms. The van der Waals surface area contributed by atoms with Crippen LogP contribution in [-0.2, 0) is 4.79 Å². The van der Waals surface area contributed by atoms with Gasteiger partial charge in [0.05, 0.1) is 17.4 Å². The van der Waals surface area contributed by atoms with Crippen molar-refractivity contribution in [2.75, 3.05) is 18.9 Å². The summed E-state index contributed by atoms with van der Waals surface area (Å²) in [5.41, 5.74) is 2.61. The Morgan fingerprint density at radius 2 is 2.38 bits per heavy atom. The highest BCUT2D eigenvalue weighted by atomic mass is 16.1. The van der Waals surface area contributed by atoms with Crippen LogP contribution in [0.2, 0.25) is 0 Å². The molecule has 0 fully saturated rings. The SMILES string of the molecule is CNCCC(=O)Nc1ccc2nc[nH]c2c1. The van der Waals surface area contributed by atoms with Crippen LogP contribution in [0.1, 0.15) is 6.42 Å². The summed E-state index contributed by atoms with van der Waals surface area (Å²) in [5.74, 6) is 0.00761. The summed E-state index contributed by atoms with van der Waals surface area (Å²) in [5, 5.41) is 5.76. The molecule has 0 aliphatic carbocycles. The van der Waals surface area contributed by atoms with Gasteiger partial charge in [-0.3, -0.25) is 4.79 Å². The molecule has 0 aliphatic rings. The topological polar surface area (TPSA) is 69.8 Å². The molecule has 0 aliphatic heterocycles. The number of nitrogens with zero attached hydrogens (tertiary/aromatic N) is 1. The normalized spacial score (nSPS) is 10.6. The molecule has 1 heterocycles. The third kappa shape index (κ3) is 2.38. The van der Waals surface area contributed by atoms with Gasteiger partial charge in [-0.1, -0.05) is 0 Å². The number of hydrogen-bond donors (Lipinski definition) is 3. The maximum atomic E-state index is 11.5. The van der Waals surface area contributed by atoms with Crippen LogP contribution >= 0.6 is 0 Å². The maximum absolute atomic E-state index is 11.5. The molecule has 1 amide bonds. The standard InChI is InChI=1S/C11H14N4O/c1-12-5-4-11(16)15-8-2-3-9-10(6-8)14-7-13-9/h2-3,6-7,12H,4-5H2,1H3,(H,13,14)(H,15,16). The van der Waals surface area contributed by atoms with Gasteiger partial charge < -0.3 is 15.6 Å². The molecule has 2 rings (SSSR count). The molecule has 2 aromatic rings. The van der Waals surface area contributed by atoms with Crippen LogP contribution in [-0.4, -0.2) is 29.5 Å². The zero-order valence-corrected chi connectivity index (χ0v) is 9.08. The van der Waals surface area contributed by atoms with Gasteiger partial charge in [0.1, 0.15) is 0 Å². The van der Waals surface area contributed by atoms with Gasteiger partial charge in [0.2, 0.25) is 5.91 Å². The molecular weight excluding hydrogens is 204 g/mol. The maximum Gasteiger partial charge on any atom is 0.225 e. The summed E-state index contributed by atoms with van der Waals surface area (Å²) in [6.45, 7) is 0.679. The number of carbonyl (C=O) groups excluding carboxylic acids is 1. The van der Waals surface area contributed by atoms with E-state index in [0.29, 0.717) is 13.0 Å². The average Bonchev–Trinajstić information content (AvgIpc) is 2.73. The van der Waals surface area contributed by atoms with Crippen molar-refractivity contribution in [2.45, 2.75) is 6.42 Å². The second kappa shape index (κ2) is 4.76. The van der Waals surface area contributed by atoms with Gasteiger partial charge in [0, 0.05) is 18.7 Å². The third-order valence-corrected chi connectivity index (χ3v) is 2.31. The summed E-state index contributed by atoms with van der Waals surface area (Å²) >= 11 is 0. The minimum Gasteiger partial charge on any atom is -0.345 e. The molecule has 3 N–H and O–H groups in total. The van der Waals surface area contributed by atoms with E-state index in [-0.39, 0.29) is 5.91 Å². The van der Waals surface area contributed by atoms with Gasteiger partial charge in [-0.25, -0.2) is 4.98 Å². The van der Waals surface area contributed by atoms with E-state index in [9.17, 15) is 4.79 Å². The predicted molar refractivity (Wildman–Crippen MR) is 63.3 cm³/mol. The Bertz CT molecular complexity index is 491. The number of imidazole rings is 1. The van der Waals surface area contributed by atoms with E-state index in [1.54, 1.807) is 6.33 Å². The van der Waals surface area contributed by atoms with Gasteiger partial charge in [-0.2, -0.15) is 0 Å². The molecule has 0 atom stereocenters. The fourth-order valence-electron chi connectivity index (χ4n) is 1.48. The summed E-state index contributed by atoms with van der Waals surface area (Å²) in [4.78, 5) is 18.6. The largest absolute Gasteiger partial charge is 0.345 e. The Morgan fingerprint density at radius 3 is 3.19 bits per heavy atom. The average molecular weight is 218 g/mol. The second-order valence-corrected chi connectivity index (χ2v) is 3.54. The van der Waals surface area contributed by atoms with Crippen molar-refractivity contribution in [1.29, 1.82) is 0 Å². The number of carbonyl (C=O) groups is 1. The first-order valence-electron chi connectivity index (χ1n) is 5.17. The van der Waals surface area contributed by atoms with Gasteiger partial charge in [0.25, 0.3) is 0 Å². The van der Waals surface area contributed by atoms with Crippen molar-refractivity contribution in [3.63, 3.8) is 0 Å². The summed E-state index contributed by atoms with van der Waals surface area (Å²) in [6, 6.07) is 5.60. The van der Waals surface area contributed by atoms with Crippen molar-refractivity contribution in [2.24, 2.45) is 0 Å². The molecule has 1 aromatic carbocycles. The zero-order valence-electron chi connectivity index (χ0n) is 9.08. The Hall–Kier alpha value is -1.88. The number of anilines is 1. The van der Waals surface area contributed by atoms with Gasteiger partial charge in [-0.15, -0.1) is 0 Å². The number of H-pyrrole nitrogens is 1. The van der Waals surface area contributed by atoms with E-state index in [0.717, 1.165) is 16.7 Å². The van der Waals surface area contributed by atoms with Crippen LogP contribution in [0.25, 0.3) is 11.0 Å². The number of nitrogens with one attached hydrogen (secondary N) is 3. The number of benzene rings is 1. The van der Waals surface area contributed by atoms with E-state index in [1.165, 1.54) is 0 Å². The minimum absolute atomic E-state index is 0.00761. The molecule has 1 aromatic heterocycles. The van der Waals surface area contributed by atoms with Crippen molar-refractivity contribution < 1.29 is 4.79 Å². The molecule has 0 bridgehead atoms. The Morgan fingerprint density at radius 1 is 1.50 bits per heavy atom. The number of fused-ring (bicyclic) bond motifs is 1. The fourth-order valence-corrected chi connectivity index (χ4v) is 1.48. The van der Waals surface area contributed by atoms with Gasteiger partial charge in [0.15, 0.2) is 0 Å². The van der Waals surface area contributed by atoms with E-state index < -0.39 is 0 Å². The van der Waals surface area contributed by atoms with Crippen molar-refractivity contribution >= 4 is 22.6 Å². The lowest BCUT2D eigenvalue weighted by atomic mass is 10.2. The highest BCUT2D eigenvalue weighted by molar-refractivity contribution is 5.93. The second-order valence-electron chi connectivity index (χ2n) is 3.54. The Labute approximate surface area is 93.3 Å². The lowest BCUT2D eigenvalue weighted by Crippen LogP contribution is -2.18. The van der Waals surface area contributed by atoms with Crippen LogP contribution in [0.4, 0.5) is 5.69 Å². The van der Waals surface area contributed by atoms with E-state index in [4.69, 9.17) is 0 Å². The number of aromatic nitrogens is 2. The van der Waals surface area contributed by atoms with E-state index in [1.807, 2.05) is 25.2 Å². The molecule has 5 nitrogen and oxygen atoms in total. The quantitative estimate of drug-likeness (QED) is 0.720. The molecule has 16 heavy (non-hydrogen) atoms. The van der Waals surface area contributed by atoms with Gasteiger partial charge >= 0.3 is 0 Å². The summed E-state index contributed by atoms with van der Waals surface area (Å²) < 4.78 is 0. The zero-order chi connectivity index (χ0) is 11.4. The van der Waals surface area contributed by atoms with Crippen LogP contribution in [0.5, 0.6) is 0 Å².